The third-order valence-corrected chi connectivity index (χ3v) is 4.23. The molecule has 1 aliphatic carbocycles. The van der Waals surface area contributed by atoms with Crippen molar-refractivity contribution < 1.29 is 18.4 Å². The van der Waals surface area contributed by atoms with Crippen LogP contribution in [0.3, 0.4) is 0 Å². The first-order valence-corrected chi connectivity index (χ1v) is 7.69. The molecule has 120 valence electrons. The van der Waals surface area contributed by atoms with Crippen LogP contribution >= 0.6 is 0 Å². The number of furan rings is 1. The number of aryl methyl sites for hydroxylation is 1. The lowest BCUT2D eigenvalue weighted by Gasteiger charge is -2.14. The SMILES string of the molecule is Cc1c(C(=O)N[C@@H](C)c2ccccc2F)oc2c1C(=O)CCC2. The van der Waals surface area contributed by atoms with Crippen molar-refractivity contribution in [3.63, 3.8) is 0 Å². The maximum Gasteiger partial charge on any atom is 0.287 e. The highest BCUT2D eigenvalue weighted by atomic mass is 19.1. The number of nitrogens with one attached hydrogen (secondary N) is 1. The lowest BCUT2D eigenvalue weighted by molar-refractivity contribution is 0.0905. The van der Waals surface area contributed by atoms with Gasteiger partial charge in [0.05, 0.1) is 11.6 Å². The van der Waals surface area contributed by atoms with E-state index < -0.39 is 11.9 Å². The van der Waals surface area contributed by atoms with E-state index >= 15 is 0 Å². The van der Waals surface area contributed by atoms with Gasteiger partial charge in [-0.2, -0.15) is 0 Å². The molecular formula is C18H18FNO3. The number of hydrogen-bond acceptors (Lipinski definition) is 3. The normalized spacial score (nSPS) is 15.2. The van der Waals surface area contributed by atoms with E-state index in [2.05, 4.69) is 5.32 Å². The van der Waals surface area contributed by atoms with Crippen molar-refractivity contribution in [2.45, 2.75) is 39.2 Å². The van der Waals surface area contributed by atoms with Gasteiger partial charge in [-0.15, -0.1) is 0 Å². The summed E-state index contributed by atoms with van der Waals surface area (Å²) in [5.74, 6) is -0.0454. The van der Waals surface area contributed by atoms with Crippen LogP contribution in [-0.2, 0) is 6.42 Å². The molecule has 1 amide bonds. The molecular weight excluding hydrogens is 297 g/mol. The molecule has 1 N–H and O–H groups in total. The summed E-state index contributed by atoms with van der Waals surface area (Å²) in [6.45, 7) is 3.42. The van der Waals surface area contributed by atoms with E-state index in [9.17, 15) is 14.0 Å². The fourth-order valence-corrected chi connectivity index (χ4v) is 3.03. The molecule has 1 heterocycles. The summed E-state index contributed by atoms with van der Waals surface area (Å²) in [7, 11) is 0. The number of hydrogen-bond donors (Lipinski definition) is 1. The summed E-state index contributed by atoms with van der Waals surface area (Å²) in [4.78, 5) is 24.4. The number of carbonyl (C=O) groups is 2. The summed E-state index contributed by atoms with van der Waals surface area (Å²) >= 11 is 0. The quantitative estimate of drug-likeness (QED) is 0.938. The maximum absolute atomic E-state index is 13.8. The second kappa shape index (κ2) is 5.99. The molecule has 0 fully saturated rings. The minimum atomic E-state index is -0.499. The molecule has 5 heteroatoms. The van der Waals surface area contributed by atoms with Crippen LogP contribution in [0.2, 0.25) is 0 Å². The Balaban J connectivity index is 1.84. The summed E-state index contributed by atoms with van der Waals surface area (Å²) in [6.07, 6.45) is 1.89. The largest absolute Gasteiger partial charge is 0.455 e. The van der Waals surface area contributed by atoms with E-state index in [4.69, 9.17) is 4.42 Å². The van der Waals surface area contributed by atoms with Crippen molar-refractivity contribution in [1.82, 2.24) is 5.32 Å². The minimum Gasteiger partial charge on any atom is -0.455 e. The number of carbonyl (C=O) groups excluding carboxylic acids is 2. The van der Waals surface area contributed by atoms with E-state index in [-0.39, 0.29) is 17.4 Å². The number of rotatable bonds is 3. The Hall–Kier alpha value is -2.43. The predicted molar refractivity (Wildman–Crippen MR) is 83.0 cm³/mol. The van der Waals surface area contributed by atoms with Crippen LogP contribution in [-0.4, -0.2) is 11.7 Å². The number of amides is 1. The third kappa shape index (κ3) is 2.79. The molecule has 1 atom stereocenters. The van der Waals surface area contributed by atoms with Crippen molar-refractivity contribution >= 4 is 11.7 Å². The van der Waals surface area contributed by atoms with Crippen LogP contribution in [0.25, 0.3) is 0 Å². The van der Waals surface area contributed by atoms with Crippen LogP contribution in [0.1, 0.15) is 63.6 Å². The maximum atomic E-state index is 13.8. The van der Waals surface area contributed by atoms with Gasteiger partial charge in [0.1, 0.15) is 11.6 Å². The number of ketones is 1. The second-order valence-corrected chi connectivity index (χ2v) is 5.85. The Morgan fingerprint density at radius 2 is 2.04 bits per heavy atom. The number of halogens is 1. The topological polar surface area (TPSA) is 59.3 Å². The van der Waals surface area contributed by atoms with E-state index in [1.165, 1.54) is 6.07 Å². The molecule has 2 aromatic rings. The van der Waals surface area contributed by atoms with Crippen molar-refractivity contribution in [1.29, 1.82) is 0 Å². The highest BCUT2D eigenvalue weighted by Crippen LogP contribution is 2.29. The Kier molecular flexibility index (Phi) is 4.03. The van der Waals surface area contributed by atoms with Crippen molar-refractivity contribution in [2.24, 2.45) is 0 Å². The summed E-state index contributed by atoms with van der Waals surface area (Å²) in [5, 5.41) is 2.73. The molecule has 0 radical (unpaired) electrons. The second-order valence-electron chi connectivity index (χ2n) is 5.85. The van der Waals surface area contributed by atoms with E-state index in [1.807, 2.05) is 0 Å². The van der Waals surface area contributed by atoms with E-state index in [1.54, 1.807) is 32.0 Å². The van der Waals surface area contributed by atoms with Gasteiger partial charge in [-0.05, 0) is 26.3 Å². The van der Waals surface area contributed by atoms with Gasteiger partial charge in [0.25, 0.3) is 5.91 Å². The van der Waals surface area contributed by atoms with Gasteiger partial charge >= 0.3 is 0 Å². The van der Waals surface area contributed by atoms with Gasteiger partial charge in [0, 0.05) is 24.0 Å². The van der Waals surface area contributed by atoms with Gasteiger partial charge in [-0.1, -0.05) is 18.2 Å². The van der Waals surface area contributed by atoms with Gasteiger partial charge in [0.2, 0.25) is 0 Å². The molecule has 0 aliphatic heterocycles. The summed E-state index contributed by atoms with van der Waals surface area (Å²) in [6, 6.07) is 5.80. The first-order chi connectivity index (χ1) is 11.0. The Labute approximate surface area is 133 Å². The number of Topliss-reactive ketones (excluding diaryl/α,β-unsaturated/α-hetero) is 1. The van der Waals surface area contributed by atoms with Crippen LogP contribution in [0.5, 0.6) is 0 Å². The summed E-state index contributed by atoms with van der Waals surface area (Å²) < 4.78 is 19.4. The van der Waals surface area contributed by atoms with E-state index in [0.717, 1.165) is 6.42 Å². The van der Waals surface area contributed by atoms with Crippen LogP contribution < -0.4 is 5.32 Å². The molecule has 0 unspecified atom stereocenters. The Bertz CT molecular complexity index is 779. The third-order valence-electron chi connectivity index (χ3n) is 4.23. The van der Waals surface area contributed by atoms with Crippen molar-refractivity contribution in [2.75, 3.05) is 0 Å². The number of benzene rings is 1. The fraction of sp³-hybridized carbons (Fsp3) is 0.333. The fourth-order valence-electron chi connectivity index (χ4n) is 3.03. The highest BCUT2D eigenvalue weighted by molar-refractivity contribution is 6.03. The van der Waals surface area contributed by atoms with Gasteiger partial charge in [-0.25, -0.2) is 4.39 Å². The molecule has 0 saturated heterocycles. The van der Waals surface area contributed by atoms with Crippen LogP contribution in [0, 0.1) is 12.7 Å². The van der Waals surface area contributed by atoms with Crippen molar-refractivity contribution in [3.05, 3.63) is 58.3 Å². The Morgan fingerprint density at radius 1 is 1.30 bits per heavy atom. The zero-order valence-electron chi connectivity index (χ0n) is 13.1. The van der Waals surface area contributed by atoms with Crippen LogP contribution in [0.4, 0.5) is 4.39 Å². The predicted octanol–water partition coefficient (Wildman–Crippen LogP) is 3.74. The molecule has 0 spiro atoms. The lowest BCUT2D eigenvalue weighted by Crippen LogP contribution is -2.27. The average Bonchev–Trinajstić information content (AvgIpc) is 2.86. The minimum absolute atomic E-state index is 0.0219. The van der Waals surface area contributed by atoms with Gasteiger partial charge in [-0.3, -0.25) is 9.59 Å². The molecule has 4 nitrogen and oxygen atoms in total. The molecule has 0 saturated carbocycles. The molecule has 1 aromatic carbocycles. The summed E-state index contributed by atoms with van der Waals surface area (Å²) in [5.41, 5.74) is 1.52. The zero-order chi connectivity index (χ0) is 16.6. The molecule has 23 heavy (non-hydrogen) atoms. The standard InChI is InChI=1S/C18H18FNO3/c1-10-16-14(21)8-5-9-15(16)23-17(10)18(22)20-11(2)12-6-3-4-7-13(12)19/h3-4,6-7,11H,5,8-9H2,1-2H3,(H,20,22)/t11-/m0/s1. The van der Waals surface area contributed by atoms with Crippen molar-refractivity contribution in [3.8, 4) is 0 Å². The monoisotopic (exact) mass is 315 g/mol. The van der Waals surface area contributed by atoms with Gasteiger partial charge in [0.15, 0.2) is 11.5 Å². The Morgan fingerprint density at radius 3 is 2.74 bits per heavy atom. The molecule has 3 rings (SSSR count). The van der Waals surface area contributed by atoms with Crippen LogP contribution in [0.15, 0.2) is 28.7 Å². The first-order valence-electron chi connectivity index (χ1n) is 7.69. The van der Waals surface area contributed by atoms with Gasteiger partial charge < -0.3 is 9.73 Å². The highest BCUT2D eigenvalue weighted by Gasteiger charge is 2.29. The van der Waals surface area contributed by atoms with E-state index in [0.29, 0.717) is 35.3 Å². The lowest BCUT2D eigenvalue weighted by atomic mass is 9.94. The number of fused-ring (bicyclic) bond motifs is 1. The molecule has 1 aromatic heterocycles. The average molecular weight is 315 g/mol. The molecule has 1 aliphatic rings. The zero-order valence-corrected chi connectivity index (χ0v) is 13.1. The molecule has 0 bridgehead atoms. The first kappa shape index (κ1) is 15.5. The smallest absolute Gasteiger partial charge is 0.287 e.